The zero-order valence-corrected chi connectivity index (χ0v) is 12.8. The highest BCUT2D eigenvalue weighted by Crippen LogP contribution is 2.29. The number of thiazole rings is 1. The normalized spacial score (nSPS) is 12.3. The van der Waals surface area contributed by atoms with Gasteiger partial charge in [-0.2, -0.15) is 5.26 Å². The second kappa shape index (κ2) is 5.34. The van der Waals surface area contributed by atoms with Crippen LogP contribution in [0, 0.1) is 11.3 Å². The van der Waals surface area contributed by atoms with E-state index in [0.717, 1.165) is 21.1 Å². The highest BCUT2D eigenvalue weighted by molar-refractivity contribution is 7.18. The third-order valence-corrected chi connectivity index (χ3v) is 4.85. The average molecular weight is 317 g/mol. The van der Waals surface area contributed by atoms with Gasteiger partial charge in [0.1, 0.15) is 5.01 Å². The molecule has 1 atom stereocenters. The molecular formula is C18H11N3OS. The molecule has 2 aromatic heterocycles. The fourth-order valence-electron chi connectivity index (χ4n) is 2.60. The molecule has 0 radical (unpaired) electrons. The van der Waals surface area contributed by atoms with Gasteiger partial charge in [0, 0.05) is 10.9 Å². The number of Topliss-reactive ketones (excluding diaryl/α,β-unsaturated/α-hetero) is 1. The number of rotatable bonds is 3. The molecule has 4 aromatic rings. The Hall–Kier alpha value is -2.97. The number of para-hydroxylation sites is 2. The smallest absolute Gasteiger partial charge is 0.203 e. The van der Waals surface area contributed by atoms with Gasteiger partial charge >= 0.3 is 0 Å². The van der Waals surface area contributed by atoms with Gasteiger partial charge in [-0.15, -0.1) is 11.3 Å². The highest BCUT2D eigenvalue weighted by atomic mass is 32.1. The van der Waals surface area contributed by atoms with E-state index < -0.39 is 5.92 Å². The van der Waals surface area contributed by atoms with Crippen LogP contribution >= 0.6 is 11.3 Å². The number of aromatic nitrogens is 2. The molecule has 110 valence electrons. The van der Waals surface area contributed by atoms with Crippen molar-refractivity contribution >= 4 is 38.2 Å². The number of carbonyl (C=O) groups excluding carboxylic acids is 1. The Kier molecular flexibility index (Phi) is 3.18. The SMILES string of the molecule is N#C[C@@H](C(=O)c1cc2ccccc2[nH]1)c1nc2ccccc2s1. The van der Waals surface area contributed by atoms with Gasteiger partial charge in [0.15, 0.2) is 5.92 Å². The van der Waals surface area contributed by atoms with Crippen LogP contribution in [0.4, 0.5) is 0 Å². The van der Waals surface area contributed by atoms with Gasteiger partial charge in [-0.25, -0.2) is 4.98 Å². The number of aromatic amines is 1. The Morgan fingerprint density at radius 3 is 2.74 bits per heavy atom. The molecule has 0 spiro atoms. The average Bonchev–Trinajstić information content (AvgIpc) is 3.19. The summed E-state index contributed by atoms with van der Waals surface area (Å²) in [6.45, 7) is 0. The molecule has 0 amide bonds. The van der Waals surface area contributed by atoms with Crippen molar-refractivity contribution in [3.8, 4) is 6.07 Å². The number of fused-ring (bicyclic) bond motifs is 2. The van der Waals surface area contributed by atoms with Crippen LogP contribution in [0.1, 0.15) is 21.4 Å². The first kappa shape index (κ1) is 13.7. The van der Waals surface area contributed by atoms with Crippen LogP contribution in [0.25, 0.3) is 21.1 Å². The number of H-pyrrole nitrogens is 1. The summed E-state index contributed by atoms with van der Waals surface area (Å²) in [5.74, 6) is -1.14. The maximum Gasteiger partial charge on any atom is 0.203 e. The van der Waals surface area contributed by atoms with E-state index in [4.69, 9.17) is 0 Å². The van der Waals surface area contributed by atoms with E-state index in [1.807, 2.05) is 48.5 Å². The number of benzene rings is 2. The summed E-state index contributed by atoms with van der Waals surface area (Å²) in [6.07, 6.45) is 0. The first-order valence-corrected chi connectivity index (χ1v) is 7.95. The molecule has 0 unspecified atom stereocenters. The summed E-state index contributed by atoms with van der Waals surface area (Å²) < 4.78 is 0.979. The van der Waals surface area contributed by atoms with Crippen molar-refractivity contribution in [2.24, 2.45) is 0 Å². The number of hydrogen-bond donors (Lipinski definition) is 1. The van der Waals surface area contributed by atoms with Gasteiger partial charge in [0.05, 0.1) is 22.0 Å². The Bertz CT molecular complexity index is 1000. The van der Waals surface area contributed by atoms with Crippen molar-refractivity contribution in [3.05, 3.63) is 65.3 Å². The third-order valence-electron chi connectivity index (χ3n) is 3.74. The predicted molar refractivity (Wildman–Crippen MR) is 90.6 cm³/mol. The van der Waals surface area contributed by atoms with Crippen molar-refractivity contribution < 1.29 is 4.79 Å². The Morgan fingerprint density at radius 1 is 1.17 bits per heavy atom. The van der Waals surface area contributed by atoms with Crippen LogP contribution < -0.4 is 0 Å². The minimum atomic E-state index is -0.888. The molecule has 4 nitrogen and oxygen atoms in total. The van der Waals surface area contributed by atoms with Crippen LogP contribution in [0.5, 0.6) is 0 Å². The molecule has 4 rings (SSSR count). The standard InChI is InChI=1S/C18H11N3OS/c19-10-12(18-21-14-7-3-4-8-16(14)23-18)17(22)15-9-11-5-1-2-6-13(11)20-15/h1-9,12,20H/t12-/m0/s1. The first-order valence-electron chi connectivity index (χ1n) is 7.13. The molecule has 0 saturated carbocycles. The molecule has 0 aliphatic rings. The topological polar surface area (TPSA) is 69.5 Å². The fraction of sp³-hybridized carbons (Fsp3) is 0.0556. The predicted octanol–water partition coefficient (Wildman–Crippen LogP) is 4.27. The zero-order chi connectivity index (χ0) is 15.8. The van der Waals surface area contributed by atoms with Crippen LogP contribution in [-0.2, 0) is 0 Å². The summed E-state index contributed by atoms with van der Waals surface area (Å²) in [5.41, 5.74) is 2.14. The molecule has 23 heavy (non-hydrogen) atoms. The van der Waals surface area contributed by atoms with Gasteiger partial charge in [-0.1, -0.05) is 30.3 Å². The van der Waals surface area contributed by atoms with E-state index in [9.17, 15) is 10.1 Å². The molecule has 2 aromatic carbocycles. The quantitative estimate of drug-likeness (QED) is 0.574. The van der Waals surface area contributed by atoms with Crippen LogP contribution in [0.2, 0.25) is 0 Å². The molecule has 1 N–H and O–H groups in total. The molecular weight excluding hydrogens is 306 g/mol. The van der Waals surface area contributed by atoms with Crippen molar-refractivity contribution in [1.82, 2.24) is 9.97 Å². The lowest BCUT2D eigenvalue weighted by Gasteiger charge is -2.02. The Labute approximate surface area is 136 Å². The Morgan fingerprint density at radius 2 is 1.96 bits per heavy atom. The number of carbonyl (C=O) groups is 1. The molecule has 2 heterocycles. The van der Waals surface area contributed by atoms with E-state index in [0.29, 0.717) is 10.7 Å². The molecule has 0 aliphatic heterocycles. The highest BCUT2D eigenvalue weighted by Gasteiger charge is 2.26. The van der Waals surface area contributed by atoms with E-state index in [1.165, 1.54) is 11.3 Å². The summed E-state index contributed by atoms with van der Waals surface area (Å²) in [4.78, 5) is 20.3. The van der Waals surface area contributed by atoms with Crippen LogP contribution in [0.15, 0.2) is 54.6 Å². The summed E-state index contributed by atoms with van der Waals surface area (Å²) in [5, 5.41) is 11.0. The van der Waals surface area contributed by atoms with Crippen molar-refractivity contribution in [1.29, 1.82) is 5.26 Å². The van der Waals surface area contributed by atoms with Crippen molar-refractivity contribution in [3.63, 3.8) is 0 Å². The van der Waals surface area contributed by atoms with Crippen molar-refractivity contribution in [2.45, 2.75) is 5.92 Å². The largest absolute Gasteiger partial charge is 0.352 e. The second-order valence-corrected chi connectivity index (χ2v) is 6.28. The maximum atomic E-state index is 12.7. The monoisotopic (exact) mass is 317 g/mol. The van der Waals surface area contributed by atoms with Gasteiger partial charge < -0.3 is 4.98 Å². The molecule has 0 fully saturated rings. The zero-order valence-electron chi connectivity index (χ0n) is 12.0. The summed E-state index contributed by atoms with van der Waals surface area (Å²) in [6, 6.07) is 19.2. The lowest BCUT2D eigenvalue weighted by atomic mass is 10.0. The van der Waals surface area contributed by atoms with Crippen LogP contribution in [0.3, 0.4) is 0 Å². The van der Waals surface area contributed by atoms with Crippen LogP contribution in [-0.4, -0.2) is 15.8 Å². The number of nitriles is 1. The van der Waals surface area contributed by atoms with Crippen molar-refractivity contribution in [2.75, 3.05) is 0 Å². The number of nitrogens with one attached hydrogen (secondary N) is 1. The number of hydrogen-bond acceptors (Lipinski definition) is 4. The van der Waals surface area contributed by atoms with Gasteiger partial charge in [0.2, 0.25) is 5.78 Å². The molecule has 0 saturated heterocycles. The van der Waals surface area contributed by atoms with E-state index in [1.54, 1.807) is 6.07 Å². The molecule has 5 heteroatoms. The lowest BCUT2D eigenvalue weighted by Crippen LogP contribution is -2.11. The molecule has 0 aliphatic carbocycles. The van der Waals surface area contributed by atoms with Gasteiger partial charge in [-0.05, 0) is 24.3 Å². The first-order chi connectivity index (χ1) is 11.3. The maximum absolute atomic E-state index is 12.7. The van der Waals surface area contributed by atoms with E-state index in [-0.39, 0.29) is 5.78 Å². The third kappa shape index (κ3) is 2.30. The lowest BCUT2D eigenvalue weighted by molar-refractivity contribution is 0.0975. The van der Waals surface area contributed by atoms with E-state index >= 15 is 0 Å². The van der Waals surface area contributed by atoms with Gasteiger partial charge in [-0.3, -0.25) is 4.79 Å². The van der Waals surface area contributed by atoms with Gasteiger partial charge in [0.25, 0.3) is 0 Å². The Balaban J connectivity index is 1.76. The summed E-state index contributed by atoms with van der Waals surface area (Å²) in [7, 11) is 0. The minimum Gasteiger partial charge on any atom is -0.352 e. The summed E-state index contributed by atoms with van der Waals surface area (Å²) >= 11 is 1.39. The van der Waals surface area contributed by atoms with E-state index in [2.05, 4.69) is 16.0 Å². The minimum absolute atomic E-state index is 0.247. The number of ketones is 1. The molecule has 0 bridgehead atoms. The number of nitrogens with zero attached hydrogens (tertiary/aromatic N) is 2. The second-order valence-electron chi connectivity index (χ2n) is 5.22. The fourth-order valence-corrected chi connectivity index (χ4v) is 3.61.